The largest absolute Gasteiger partial charge is 0.444 e. The second-order valence-corrected chi connectivity index (χ2v) is 9.02. The number of ether oxygens (including phenoxy) is 1. The van der Waals surface area contributed by atoms with Gasteiger partial charge in [0.1, 0.15) is 5.60 Å². The number of carbonyl (C=O) groups is 1. The molecular weight excluding hydrogens is 382 g/mol. The van der Waals surface area contributed by atoms with Gasteiger partial charge in [0, 0.05) is 10.7 Å². The number of hydrogen-bond acceptors (Lipinski definition) is 4. The molecule has 1 N–H and O–H groups in total. The van der Waals surface area contributed by atoms with Crippen LogP contribution in [0.5, 0.6) is 0 Å². The molecule has 124 valence electrons. The van der Waals surface area contributed by atoms with Crippen LogP contribution in [0.25, 0.3) is 10.8 Å². The molecule has 5 nitrogen and oxygen atoms in total. The van der Waals surface area contributed by atoms with Gasteiger partial charge < -0.3 is 4.74 Å². The maximum atomic E-state index is 11.9. The molecule has 0 radical (unpaired) electrons. The monoisotopic (exact) mass is 399 g/mol. The number of carbonyl (C=O) groups excluding carboxylic acids is 1. The number of hydrogen-bond donors (Lipinski definition) is 1. The number of nitrogens with one attached hydrogen (secondary N) is 1. The second kappa shape index (κ2) is 6.13. The quantitative estimate of drug-likeness (QED) is 0.814. The van der Waals surface area contributed by atoms with E-state index >= 15 is 0 Å². The molecule has 2 aromatic rings. The molecule has 2 aromatic carbocycles. The molecular formula is C16H18BrNO4S. The lowest BCUT2D eigenvalue weighted by molar-refractivity contribution is 0.0636. The normalized spacial score (nSPS) is 12.2. The summed E-state index contributed by atoms with van der Waals surface area (Å²) in [6.45, 7) is 5.36. The first-order chi connectivity index (χ1) is 10.5. The number of amides is 1. The zero-order valence-electron chi connectivity index (χ0n) is 13.3. The Hall–Kier alpha value is -1.60. The zero-order chi connectivity index (χ0) is 17.4. The lowest BCUT2D eigenvalue weighted by Gasteiger charge is -2.20. The minimum atomic E-state index is -3.26. The first-order valence-electron chi connectivity index (χ1n) is 6.90. The molecule has 0 saturated carbocycles. The van der Waals surface area contributed by atoms with E-state index < -0.39 is 21.5 Å². The fraction of sp³-hybridized carbons (Fsp3) is 0.312. The van der Waals surface area contributed by atoms with E-state index in [9.17, 15) is 13.2 Å². The molecule has 0 saturated heterocycles. The lowest BCUT2D eigenvalue weighted by Crippen LogP contribution is -2.27. The third-order valence-corrected chi connectivity index (χ3v) is 4.95. The summed E-state index contributed by atoms with van der Waals surface area (Å²) in [6, 6.07) is 8.30. The Morgan fingerprint density at radius 1 is 1.17 bits per heavy atom. The van der Waals surface area contributed by atoms with E-state index in [-0.39, 0.29) is 4.90 Å². The standard InChI is InChI=1S/C16H18BrNO4S/c1-16(2,3)22-15(19)18-13-8-5-10-9-11(23(4,20)21)6-7-12(10)14(13)17/h5-9H,1-4H3,(H,18,19). The molecule has 23 heavy (non-hydrogen) atoms. The van der Waals surface area contributed by atoms with E-state index in [1.807, 2.05) is 0 Å². The van der Waals surface area contributed by atoms with Crippen LogP contribution in [0, 0.1) is 0 Å². The summed E-state index contributed by atoms with van der Waals surface area (Å²) in [5.74, 6) is 0. The van der Waals surface area contributed by atoms with Gasteiger partial charge >= 0.3 is 6.09 Å². The van der Waals surface area contributed by atoms with E-state index in [0.29, 0.717) is 10.2 Å². The minimum absolute atomic E-state index is 0.254. The number of sulfone groups is 1. The average molecular weight is 400 g/mol. The molecule has 7 heteroatoms. The van der Waals surface area contributed by atoms with Crippen molar-refractivity contribution in [1.82, 2.24) is 0 Å². The van der Waals surface area contributed by atoms with Crippen molar-refractivity contribution < 1.29 is 17.9 Å². The second-order valence-electron chi connectivity index (χ2n) is 6.21. The van der Waals surface area contributed by atoms with Crippen molar-refractivity contribution in [3.05, 3.63) is 34.8 Å². The lowest BCUT2D eigenvalue weighted by atomic mass is 10.1. The highest BCUT2D eigenvalue weighted by atomic mass is 79.9. The summed E-state index contributed by atoms with van der Waals surface area (Å²) in [7, 11) is -3.26. The van der Waals surface area contributed by atoms with Crippen LogP contribution in [0.4, 0.5) is 10.5 Å². The van der Waals surface area contributed by atoms with Crippen LogP contribution < -0.4 is 5.32 Å². The van der Waals surface area contributed by atoms with Gasteiger partial charge in [-0.2, -0.15) is 0 Å². The van der Waals surface area contributed by atoms with Crippen LogP contribution >= 0.6 is 15.9 Å². The van der Waals surface area contributed by atoms with Crippen molar-refractivity contribution in [2.75, 3.05) is 11.6 Å². The van der Waals surface area contributed by atoms with Crippen LogP contribution in [0.3, 0.4) is 0 Å². The van der Waals surface area contributed by atoms with E-state index in [1.54, 1.807) is 51.1 Å². The maximum absolute atomic E-state index is 11.9. The summed E-state index contributed by atoms with van der Waals surface area (Å²) in [4.78, 5) is 12.1. The fourth-order valence-electron chi connectivity index (χ4n) is 2.01. The van der Waals surface area contributed by atoms with Crippen molar-refractivity contribution >= 4 is 48.3 Å². The average Bonchev–Trinajstić information content (AvgIpc) is 2.38. The summed E-state index contributed by atoms with van der Waals surface area (Å²) in [5.41, 5.74) is -0.0310. The summed E-state index contributed by atoms with van der Waals surface area (Å²) in [6.07, 6.45) is 0.618. The first-order valence-corrected chi connectivity index (χ1v) is 9.58. The van der Waals surface area contributed by atoms with Crippen LogP contribution in [0.1, 0.15) is 20.8 Å². The summed E-state index contributed by atoms with van der Waals surface area (Å²) in [5, 5.41) is 4.23. The maximum Gasteiger partial charge on any atom is 0.412 e. The van der Waals surface area contributed by atoms with Crippen molar-refractivity contribution in [3.8, 4) is 0 Å². The molecule has 2 rings (SSSR count). The third-order valence-electron chi connectivity index (χ3n) is 2.99. The Balaban J connectivity index is 2.38. The molecule has 0 aromatic heterocycles. The van der Waals surface area contributed by atoms with Gasteiger partial charge in [0.05, 0.1) is 10.6 Å². The zero-order valence-corrected chi connectivity index (χ0v) is 15.7. The number of fused-ring (bicyclic) bond motifs is 1. The van der Waals surface area contributed by atoms with Crippen molar-refractivity contribution in [2.45, 2.75) is 31.3 Å². The van der Waals surface area contributed by atoms with E-state index in [0.717, 1.165) is 10.8 Å². The fourth-order valence-corrected chi connectivity index (χ4v) is 3.26. The number of rotatable bonds is 2. The van der Waals surface area contributed by atoms with Crippen molar-refractivity contribution in [3.63, 3.8) is 0 Å². The molecule has 0 spiro atoms. The summed E-state index contributed by atoms with van der Waals surface area (Å²) >= 11 is 3.45. The van der Waals surface area contributed by atoms with Crippen molar-refractivity contribution in [1.29, 1.82) is 0 Å². The Labute approximate surface area is 144 Å². The minimum Gasteiger partial charge on any atom is -0.444 e. The SMILES string of the molecule is CC(C)(C)OC(=O)Nc1ccc2cc(S(C)(=O)=O)ccc2c1Br. The molecule has 0 aliphatic carbocycles. The van der Waals surface area contributed by atoms with Gasteiger partial charge in [-0.05, 0) is 65.7 Å². The van der Waals surface area contributed by atoms with Gasteiger partial charge in [-0.25, -0.2) is 13.2 Å². The number of anilines is 1. The number of benzene rings is 2. The Morgan fingerprint density at radius 3 is 2.39 bits per heavy atom. The van der Waals surface area contributed by atoms with Crippen LogP contribution in [0.2, 0.25) is 0 Å². The first kappa shape index (κ1) is 17.7. The Bertz CT molecular complexity index is 870. The van der Waals surface area contributed by atoms with E-state index in [1.165, 1.54) is 6.26 Å². The van der Waals surface area contributed by atoms with Crippen LogP contribution in [-0.4, -0.2) is 26.4 Å². The Kier molecular flexibility index (Phi) is 4.73. The third kappa shape index (κ3) is 4.45. The molecule has 0 unspecified atom stereocenters. The van der Waals surface area contributed by atoms with Gasteiger partial charge in [0.25, 0.3) is 0 Å². The molecule has 0 bridgehead atoms. The predicted molar refractivity (Wildman–Crippen MR) is 94.6 cm³/mol. The molecule has 0 atom stereocenters. The predicted octanol–water partition coefficient (Wildman–Crippen LogP) is 4.35. The molecule has 0 fully saturated rings. The van der Waals surface area contributed by atoms with Gasteiger partial charge in [0.15, 0.2) is 9.84 Å². The van der Waals surface area contributed by atoms with Crippen molar-refractivity contribution in [2.24, 2.45) is 0 Å². The number of halogens is 1. The highest BCUT2D eigenvalue weighted by Gasteiger charge is 2.18. The molecule has 0 heterocycles. The highest BCUT2D eigenvalue weighted by molar-refractivity contribution is 9.10. The van der Waals surface area contributed by atoms with E-state index in [2.05, 4.69) is 21.2 Å². The molecule has 1 amide bonds. The van der Waals surface area contributed by atoms with Gasteiger partial charge in [0.2, 0.25) is 0 Å². The van der Waals surface area contributed by atoms with Crippen LogP contribution in [0.15, 0.2) is 39.7 Å². The smallest absolute Gasteiger partial charge is 0.412 e. The molecule has 0 aliphatic rings. The summed E-state index contributed by atoms with van der Waals surface area (Å²) < 4.78 is 29.1. The van der Waals surface area contributed by atoms with Gasteiger partial charge in [-0.1, -0.05) is 12.1 Å². The van der Waals surface area contributed by atoms with Crippen LogP contribution in [-0.2, 0) is 14.6 Å². The van der Waals surface area contributed by atoms with Gasteiger partial charge in [-0.15, -0.1) is 0 Å². The topological polar surface area (TPSA) is 72.5 Å². The molecule has 0 aliphatic heterocycles. The Morgan fingerprint density at radius 2 is 1.83 bits per heavy atom. The van der Waals surface area contributed by atoms with Gasteiger partial charge in [-0.3, -0.25) is 5.32 Å². The van der Waals surface area contributed by atoms with E-state index in [4.69, 9.17) is 4.74 Å². The highest BCUT2D eigenvalue weighted by Crippen LogP contribution is 2.33.